The molecular weight excluding hydrogens is 284 g/mol. The molecule has 1 N–H and O–H groups in total. The van der Waals surface area contributed by atoms with E-state index in [-0.39, 0.29) is 0 Å². The highest BCUT2D eigenvalue weighted by atomic mass is 32.1. The molecule has 0 atom stereocenters. The molecule has 6 heteroatoms. The highest BCUT2D eigenvalue weighted by molar-refractivity contribution is 7.71. The van der Waals surface area contributed by atoms with Gasteiger partial charge < -0.3 is 4.74 Å². The number of unbranched alkanes of at least 4 members (excludes halogenated alkanes) is 1. The van der Waals surface area contributed by atoms with Crippen molar-refractivity contribution >= 4 is 18.4 Å². The van der Waals surface area contributed by atoms with E-state index < -0.39 is 0 Å². The Kier molecular flexibility index (Phi) is 5.68. The molecule has 0 fully saturated rings. The molecule has 21 heavy (non-hydrogen) atoms. The number of aryl methyl sites for hydroxylation is 1. The third-order valence-corrected chi connectivity index (χ3v) is 3.23. The van der Waals surface area contributed by atoms with Gasteiger partial charge in [0.2, 0.25) is 4.77 Å². The lowest BCUT2D eigenvalue weighted by molar-refractivity contribution is 0.340. The summed E-state index contributed by atoms with van der Waals surface area (Å²) in [7, 11) is 0. The number of benzene rings is 1. The van der Waals surface area contributed by atoms with Crippen LogP contribution >= 0.6 is 12.2 Å². The normalized spacial score (nSPS) is 11.1. The Labute approximate surface area is 129 Å². The van der Waals surface area contributed by atoms with Crippen molar-refractivity contribution in [2.45, 2.75) is 33.1 Å². The number of aromatic amines is 1. The maximum Gasteiger partial charge on any atom is 0.216 e. The lowest BCUT2D eigenvalue weighted by atomic mass is 10.2. The van der Waals surface area contributed by atoms with Gasteiger partial charge in [0, 0.05) is 6.42 Å². The third kappa shape index (κ3) is 4.26. The van der Waals surface area contributed by atoms with Crippen molar-refractivity contribution in [3.8, 4) is 5.75 Å². The molecule has 5 nitrogen and oxygen atoms in total. The van der Waals surface area contributed by atoms with Gasteiger partial charge in [0.05, 0.1) is 12.8 Å². The van der Waals surface area contributed by atoms with Crippen molar-refractivity contribution in [1.29, 1.82) is 0 Å². The standard InChI is InChI=1S/C15H20N4OS/c1-3-5-9-14-17-18-15(21)19(14)16-11-12-7-6-8-13(10-12)20-4-2/h6-8,10-11H,3-5,9H2,1-2H3,(H,18,21)/b16-11+. The van der Waals surface area contributed by atoms with Crippen LogP contribution in [0.3, 0.4) is 0 Å². The second-order valence-electron chi connectivity index (χ2n) is 4.61. The Hall–Kier alpha value is -1.95. The van der Waals surface area contributed by atoms with Crippen LogP contribution in [0.25, 0.3) is 0 Å². The molecule has 0 spiro atoms. The number of H-pyrrole nitrogens is 1. The Bertz CT molecular complexity index is 660. The van der Waals surface area contributed by atoms with Crippen LogP contribution in [0.4, 0.5) is 0 Å². The van der Waals surface area contributed by atoms with E-state index in [0.717, 1.165) is 36.4 Å². The summed E-state index contributed by atoms with van der Waals surface area (Å²) in [5, 5.41) is 11.4. The SMILES string of the molecule is CCCCc1n[nH]c(=S)n1/N=C/c1cccc(OCC)c1. The van der Waals surface area contributed by atoms with E-state index in [0.29, 0.717) is 11.4 Å². The Morgan fingerprint density at radius 3 is 3.05 bits per heavy atom. The molecule has 2 aromatic rings. The maximum atomic E-state index is 5.48. The molecule has 1 heterocycles. The molecular formula is C15H20N4OS. The molecule has 0 saturated carbocycles. The predicted octanol–water partition coefficient (Wildman–Crippen LogP) is 3.56. The summed E-state index contributed by atoms with van der Waals surface area (Å²) in [6, 6.07) is 7.79. The summed E-state index contributed by atoms with van der Waals surface area (Å²) >= 11 is 5.21. The van der Waals surface area contributed by atoms with E-state index in [1.54, 1.807) is 10.9 Å². The van der Waals surface area contributed by atoms with Crippen LogP contribution in [-0.4, -0.2) is 27.7 Å². The number of hydrogen-bond acceptors (Lipinski definition) is 4. The van der Waals surface area contributed by atoms with Gasteiger partial charge in [-0.15, -0.1) is 0 Å². The fourth-order valence-electron chi connectivity index (χ4n) is 1.92. The number of ether oxygens (including phenoxy) is 1. The number of nitrogens with one attached hydrogen (secondary N) is 1. The molecule has 112 valence electrons. The number of hydrogen-bond donors (Lipinski definition) is 1. The molecule has 0 aliphatic rings. The van der Waals surface area contributed by atoms with Crippen molar-refractivity contribution in [2.75, 3.05) is 6.61 Å². The Balaban J connectivity index is 2.19. The van der Waals surface area contributed by atoms with Crippen molar-refractivity contribution in [3.05, 3.63) is 40.4 Å². The van der Waals surface area contributed by atoms with Gasteiger partial charge in [-0.2, -0.15) is 14.9 Å². The molecule has 0 saturated heterocycles. The highest BCUT2D eigenvalue weighted by Gasteiger charge is 2.03. The first-order chi connectivity index (χ1) is 10.2. The lowest BCUT2D eigenvalue weighted by Gasteiger charge is -2.03. The first-order valence-corrected chi connectivity index (χ1v) is 7.59. The molecule has 0 aliphatic heterocycles. The van der Waals surface area contributed by atoms with Gasteiger partial charge in [0.15, 0.2) is 5.82 Å². The Morgan fingerprint density at radius 1 is 1.43 bits per heavy atom. The molecule has 1 aromatic carbocycles. The second-order valence-corrected chi connectivity index (χ2v) is 5.00. The van der Waals surface area contributed by atoms with E-state index in [1.807, 2.05) is 31.2 Å². The highest BCUT2D eigenvalue weighted by Crippen LogP contribution is 2.12. The monoisotopic (exact) mass is 304 g/mol. The number of rotatable bonds is 7. The predicted molar refractivity (Wildman–Crippen MR) is 86.6 cm³/mol. The minimum Gasteiger partial charge on any atom is -0.494 e. The smallest absolute Gasteiger partial charge is 0.216 e. The zero-order chi connectivity index (χ0) is 15.1. The van der Waals surface area contributed by atoms with E-state index in [9.17, 15) is 0 Å². The summed E-state index contributed by atoms with van der Waals surface area (Å²) in [5.41, 5.74) is 0.963. The van der Waals surface area contributed by atoms with Gasteiger partial charge in [-0.05, 0) is 43.3 Å². The first-order valence-electron chi connectivity index (χ1n) is 7.18. The van der Waals surface area contributed by atoms with Crippen LogP contribution < -0.4 is 4.74 Å². The van der Waals surface area contributed by atoms with Gasteiger partial charge in [-0.25, -0.2) is 0 Å². The quantitative estimate of drug-likeness (QED) is 0.628. The Morgan fingerprint density at radius 2 is 2.29 bits per heavy atom. The van der Waals surface area contributed by atoms with E-state index in [4.69, 9.17) is 17.0 Å². The van der Waals surface area contributed by atoms with Crippen molar-refractivity contribution in [3.63, 3.8) is 0 Å². The molecule has 0 amide bonds. The molecule has 2 rings (SSSR count). The van der Waals surface area contributed by atoms with Gasteiger partial charge in [-0.3, -0.25) is 5.10 Å². The average molecular weight is 304 g/mol. The molecule has 1 aromatic heterocycles. The summed E-state index contributed by atoms with van der Waals surface area (Å²) < 4.78 is 7.67. The molecule has 0 bridgehead atoms. The summed E-state index contributed by atoms with van der Waals surface area (Å²) in [6.45, 7) is 4.76. The summed E-state index contributed by atoms with van der Waals surface area (Å²) in [4.78, 5) is 0. The molecule has 0 aliphatic carbocycles. The third-order valence-electron chi connectivity index (χ3n) is 2.96. The lowest BCUT2D eigenvalue weighted by Crippen LogP contribution is -1.99. The average Bonchev–Trinajstić information content (AvgIpc) is 2.84. The summed E-state index contributed by atoms with van der Waals surface area (Å²) in [5.74, 6) is 1.70. The van der Waals surface area contributed by atoms with Gasteiger partial charge in [-0.1, -0.05) is 25.5 Å². The first kappa shape index (κ1) is 15.4. The number of nitrogens with zero attached hydrogens (tertiary/aromatic N) is 3. The summed E-state index contributed by atoms with van der Waals surface area (Å²) in [6.07, 6.45) is 4.80. The second kappa shape index (κ2) is 7.73. The van der Waals surface area contributed by atoms with Crippen molar-refractivity contribution in [1.82, 2.24) is 14.9 Å². The fourth-order valence-corrected chi connectivity index (χ4v) is 2.11. The zero-order valence-electron chi connectivity index (χ0n) is 12.4. The van der Waals surface area contributed by atoms with Gasteiger partial charge in [0.1, 0.15) is 5.75 Å². The van der Waals surface area contributed by atoms with Crippen LogP contribution in [-0.2, 0) is 6.42 Å². The van der Waals surface area contributed by atoms with Crippen LogP contribution in [0, 0.1) is 4.77 Å². The van der Waals surface area contributed by atoms with E-state index >= 15 is 0 Å². The van der Waals surface area contributed by atoms with Crippen LogP contribution in [0.15, 0.2) is 29.4 Å². The van der Waals surface area contributed by atoms with Crippen LogP contribution in [0.1, 0.15) is 38.1 Å². The van der Waals surface area contributed by atoms with Gasteiger partial charge in [0.25, 0.3) is 0 Å². The van der Waals surface area contributed by atoms with Crippen LogP contribution in [0.2, 0.25) is 0 Å². The minimum absolute atomic E-state index is 0.512. The largest absolute Gasteiger partial charge is 0.494 e. The van der Waals surface area contributed by atoms with Crippen molar-refractivity contribution < 1.29 is 4.74 Å². The van der Waals surface area contributed by atoms with E-state index in [2.05, 4.69) is 22.2 Å². The zero-order valence-corrected chi connectivity index (χ0v) is 13.2. The maximum absolute atomic E-state index is 5.48. The molecule has 0 radical (unpaired) electrons. The fraction of sp³-hybridized carbons (Fsp3) is 0.400. The van der Waals surface area contributed by atoms with Gasteiger partial charge >= 0.3 is 0 Å². The van der Waals surface area contributed by atoms with Crippen LogP contribution in [0.5, 0.6) is 5.75 Å². The van der Waals surface area contributed by atoms with E-state index in [1.165, 1.54) is 0 Å². The topological polar surface area (TPSA) is 55.2 Å². The minimum atomic E-state index is 0.512. The molecule has 0 unspecified atom stereocenters. The number of aromatic nitrogens is 3. The van der Waals surface area contributed by atoms with Crippen molar-refractivity contribution in [2.24, 2.45) is 5.10 Å².